The summed E-state index contributed by atoms with van der Waals surface area (Å²) in [6, 6.07) is 10.00. The van der Waals surface area contributed by atoms with E-state index in [0.717, 1.165) is 12.1 Å². The molecule has 10 heteroatoms. The third-order valence-corrected chi connectivity index (χ3v) is 8.04. The quantitative estimate of drug-likeness (QED) is 0.355. The van der Waals surface area contributed by atoms with E-state index < -0.39 is 10.0 Å². The molecular formula is C27H39N3O6S. The van der Waals surface area contributed by atoms with E-state index in [9.17, 15) is 13.2 Å². The second kappa shape index (κ2) is 13.5. The fourth-order valence-electron chi connectivity index (χ4n) is 4.55. The van der Waals surface area contributed by atoms with Gasteiger partial charge in [0, 0.05) is 23.8 Å². The van der Waals surface area contributed by atoms with Crippen LogP contribution in [0.15, 0.2) is 36.4 Å². The summed E-state index contributed by atoms with van der Waals surface area (Å²) in [4.78, 5) is 12.9. The molecule has 0 heterocycles. The number of carbonyl (C=O) groups excluding carboxylic acids is 1. The average molecular weight is 534 g/mol. The molecule has 1 unspecified atom stereocenters. The first-order valence-corrected chi connectivity index (χ1v) is 14.4. The van der Waals surface area contributed by atoms with Gasteiger partial charge in [0.25, 0.3) is 5.91 Å². The lowest BCUT2D eigenvalue weighted by Gasteiger charge is -2.27. The summed E-state index contributed by atoms with van der Waals surface area (Å²) in [6.07, 6.45) is 6.21. The summed E-state index contributed by atoms with van der Waals surface area (Å²) >= 11 is 0. The van der Waals surface area contributed by atoms with Crippen LogP contribution in [0.2, 0.25) is 0 Å². The van der Waals surface area contributed by atoms with E-state index in [2.05, 4.69) is 15.4 Å². The predicted octanol–water partition coefficient (Wildman–Crippen LogP) is 4.12. The number of hydrogen-bond acceptors (Lipinski definition) is 7. The number of hydrogen-bond donors (Lipinski definition) is 3. The van der Waals surface area contributed by atoms with Crippen LogP contribution in [0.1, 0.15) is 61.0 Å². The number of rotatable bonds is 13. The Morgan fingerprint density at radius 3 is 2.14 bits per heavy atom. The fraction of sp³-hybridized carbons (Fsp3) is 0.519. The van der Waals surface area contributed by atoms with Gasteiger partial charge in [-0.15, -0.1) is 0 Å². The predicted molar refractivity (Wildman–Crippen MR) is 145 cm³/mol. The van der Waals surface area contributed by atoms with Crippen molar-refractivity contribution in [2.75, 3.05) is 44.9 Å². The van der Waals surface area contributed by atoms with Crippen molar-refractivity contribution in [3.05, 3.63) is 47.5 Å². The molecule has 1 amide bonds. The van der Waals surface area contributed by atoms with Crippen LogP contribution in [0.4, 0.5) is 5.69 Å². The molecule has 0 bridgehead atoms. The number of ether oxygens (including phenoxy) is 3. The van der Waals surface area contributed by atoms with E-state index in [4.69, 9.17) is 14.2 Å². The SMILES string of the molecule is CCS(=O)(=O)Nc1ccc(C(=O)NCC(NCC2CCCCC2)c2cc(OC)c(OC)c(OC)c2)cc1. The molecule has 37 heavy (non-hydrogen) atoms. The summed E-state index contributed by atoms with van der Waals surface area (Å²) in [5.41, 5.74) is 1.77. The van der Waals surface area contributed by atoms with Gasteiger partial charge in [0.2, 0.25) is 15.8 Å². The normalized spacial score (nSPS) is 15.0. The molecule has 2 aromatic rings. The molecule has 204 valence electrons. The zero-order valence-corrected chi connectivity index (χ0v) is 22.9. The molecule has 0 radical (unpaired) electrons. The Hall–Kier alpha value is -2.98. The van der Waals surface area contributed by atoms with Gasteiger partial charge in [-0.25, -0.2) is 8.42 Å². The minimum atomic E-state index is -3.38. The molecule has 1 fully saturated rings. The summed E-state index contributed by atoms with van der Waals surface area (Å²) in [5.74, 6) is 1.96. The number of sulfonamides is 1. The van der Waals surface area contributed by atoms with Crippen molar-refractivity contribution in [1.82, 2.24) is 10.6 Å². The first-order chi connectivity index (χ1) is 17.8. The monoisotopic (exact) mass is 533 g/mol. The highest BCUT2D eigenvalue weighted by Gasteiger charge is 2.22. The number of nitrogens with one attached hydrogen (secondary N) is 3. The summed E-state index contributed by atoms with van der Waals surface area (Å²) in [5, 5.41) is 6.67. The Bertz CT molecular complexity index is 1110. The largest absolute Gasteiger partial charge is 0.493 e. The highest BCUT2D eigenvalue weighted by atomic mass is 32.2. The number of anilines is 1. The minimum Gasteiger partial charge on any atom is -0.493 e. The van der Waals surface area contributed by atoms with Gasteiger partial charge < -0.3 is 24.8 Å². The maximum atomic E-state index is 12.9. The van der Waals surface area contributed by atoms with Crippen molar-refractivity contribution in [2.45, 2.75) is 45.1 Å². The number of benzene rings is 2. The molecule has 1 saturated carbocycles. The highest BCUT2D eigenvalue weighted by molar-refractivity contribution is 7.92. The van der Waals surface area contributed by atoms with Crippen molar-refractivity contribution in [1.29, 1.82) is 0 Å². The lowest BCUT2D eigenvalue weighted by atomic mass is 9.89. The van der Waals surface area contributed by atoms with Crippen LogP contribution >= 0.6 is 0 Å². The smallest absolute Gasteiger partial charge is 0.251 e. The minimum absolute atomic E-state index is 0.0224. The Labute approximate surface area is 220 Å². The molecule has 3 N–H and O–H groups in total. The molecule has 1 aliphatic rings. The Kier molecular flexibility index (Phi) is 10.5. The second-order valence-corrected chi connectivity index (χ2v) is 11.2. The van der Waals surface area contributed by atoms with Crippen LogP contribution in [0, 0.1) is 5.92 Å². The maximum absolute atomic E-state index is 12.9. The van der Waals surface area contributed by atoms with Gasteiger partial charge in [0.15, 0.2) is 11.5 Å². The number of amides is 1. The van der Waals surface area contributed by atoms with Gasteiger partial charge in [0.05, 0.1) is 27.1 Å². The first kappa shape index (κ1) is 28.6. The standard InChI is InChI=1S/C27H39N3O6S/c1-5-37(32,33)30-22-13-11-20(12-14-22)27(31)29-18-23(28-17-19-9-7-6-8-10-19)21-15-24(34-2)26(36-4)25(16-21)35-3/h11-16,19,23,28,30H,5-10,17-18H2,1-4H3,(H,29,31). The summed E-state index contributed by atoms with van der Waals surface area (Å²) < 4.78 is 42.6. The fourth-order valence-corrected chi connectivity index (χ4v) is 5.19. The van der Waals surface area contributed by atoms with Crippen LogP contribution in [0.25, 0.3) is 0 Å². The van der Waals surface area contributed by atoms with Crippen LogP contribution in [-0.2, 0) is 10.0 Å². The van der Waals surface area contributed by atoms with Crippen molar-refractivity contribution in [3.63, 3.8) is 0 Å². The number of methoxy groups -OCH3 is 3. The molecule has 0 spiro atoms. The third-order valence-electron chi connectivity index (χ3n) is 6.73. The molecule has 3 rings (SSSR count). The Morgan fingerprint density at radius 1 is 0.973 bits per heavy atom. The molecule has 0 saturated heterocycles. The molecule has 1 aliphatic carbocycles. The van der Waals surface area contributed by atoms with Gasteiger partial charge >= 0.3 is 0 Å². The molecule has 0 aliphatic heterocycles. The Morgan fingerprint density at radius 2 is 1.59 bits per heavy atom. The van der Waals surface area contributed by atoms with Crippen molar-refractivity contribution in [2.24, 2.45) is 5.92 Å². The zero-order valence-electron chi connectivity index (χ0n) is 22.1. The zero-order chi connectivity index (χ0) is 26.8. The van der Waals surface area contributed by atoms with Gasteiger partial charge in [-0.2, -0.15) is 0 Å². The van der Waals surface area contributed by atoms with E-state index in [-0.39, 0.29) is 17.7 Å². The summed E-state index contributed by atoms with van der Waals surface area (Å²) in [6.45, 7) is 2.76. The molecule has 2 aromatic carbocycles. The van der Waals surface area contributed by atoms with Crippen LogP contribution < -0.4 is 29.6 Å². The van der Waals surface area contributed by atoms with Gasteiger partial charge in [0.1, 0.15) is 0 Å². The molecule has 1 atom stereocenters. The van der Waals surface area contributed by atoms with Crippen molar-refractivity contribution in [3.8, 4) is 17.2 Å². The lowest BCUT2D eigenvalue weighted by molar-refractivity contribution is 0.0949. The van der Waals surface area contributed by atoms with E-state index in [1.807, 2.05) is 12.1 Å². The van der Waals surface area contributed by atoms with Gasteiger partial charge in [-0.1, -0.05) is 19.3 Å². The van der Waals surface area contributed by atoms with Crippen LogP contribution in [0.3, 0.4) is 0 Å². The van der Waals surface area contributed by atoms with Gasteiger partial charge in [-0.3, -0.25) is 9.52 Å². The van der Waals surface area contributed by atoms with Crippen molar-refractivity contribution >= 4 is 21.6 Å². The van der Waals surface area contributed by atoms with Gasteiger partial charge in [-0.05, 0) is 74.2 Å². The van der Waals surface area contributed by atoms with Crippen molar-refractivity contribution < 1.29 is 27.4 Å². The van der Waals surface area contributed by atoms with E-state index in [0.29, 0.717) is 41.0 Å². The Balaban J connectivity index is 1.76. The maximum Gasteiger partial charge on any atom is 0.251 e. The van der Waals surface area contributed by atoms with E-state index in [1.165, 1.54) is 32.1 Å². The number of carbonyl (C=O) groups is 1. The van der Waals surface area contributed by atoms with Crippen LogP contribution in [0.5, 0.6) is 17.2 Å². The van der Waals surface area contributed by atoms with E-state index >= 15 is 0 Å². The van der Waals surface area contributed by atoms with Crippen LogP contribution in [-0.4, -0.2) is 54.5 Å². The highest BCUT2D eigenvalue weighted by Crippen LogP contribution is 2.39. The average Bonchev–Trinajstić information content (AvgIpc) is 2.92. The molecule has 0 aromatic heterocycles. The second-order valence-electron chi connectivity index (χ2n) is 9.22. The summed E-state index contributed by atoms with van der Waals surface area (Å²) in [7, 11) is 1.35. The van der Waals surface area contributed by atoms with E-state index in [1.54, 1.807) is 52.5 Å². The molecular weight excluding hydrogens is 494 g/mol. The molecule has 9 nitrogen and oxygen atoms in total. The topological polar surface area (TPSA) is 115 Å². The third kappa shape index (κ3) is 8.00. The first-order valence-electron chi connectivity index (χ1n) is 12.7. The lowest BCUT2D eigenvalue weighted by Crippen LogP contribution is -2.37.